The van der Waals surface area contributed by atoms with Crippen molar-refractivity contribution in [2.24, 2.45) is 11.5 Å². The second kappa shape index (κ2) is 5.46. The molecule has 6 heteroatoms. The van der Waals surface area contributed by atoms with E-state index in [2.05, 4.69) is 0 Å². The van der Waals surface area contributed by atoms with E-state index in [0.29, 0.717) is 25.5 Å². The van der Waals surface area contributed by atoms with Crippen molar-refractivity contribution in [3.63, 3.8) is 0 Å². The predicted octanol–water partition coefficient (Wildman–Crippen LogP) is 2.58. The van der Waals surface area contributed by atoms with Crippen LogP contribution in [0, 0.1) is 5.82 Å². The SMILES string of the molecule is NCCC[C@@H](N)c1cccc(C(F)(F)F)c1F. The van der Waals surface area contributed by atoms with Gasteiger partial charge in [0, 0.05) is 11.6 Å². The standard InChI is InChI=1S/C11H14F4N2/c12-10-7(9(17)5-2-6-16)3-1-4-8(10)11(13,14)15/h1,3-4,9H,2,5-6,16-17H2/t9-/m1/s1. The zero-order valence-electron chi connectivity index (χ0n) is 9.10. The van der Waals surface area contributed by atoms with Crippen molar-refractivity contribution in [1.82, 2.24) is 0 Å². The van der Waals surface area contributed by atoms with Gasteiger partial charge in [0.05, 0.1) is 5.56 Å². The molecule has 0 aliphatic rings. The number of halogens is 4. The lowest BCUT2D eigenvalue weighted by atomic mass is 9.99. The van der Waals surface area contributed by atoms with Crippen LogP contribution < -0.4 is 11.5 Å². The Morgan fingerprint density at radius 3 is 2.41 bits per heavy atom. The summed E-state index contributed by atoms with van der Waals surface area (Å²) in [5.41, 5.74) is 9.50. The van der Waals surface area contributed by atoms with E-state index in [1.165, 1.54) is 6.07 Å². The lowest BCUT2D eigenvalue weighted by molar-refractivity contribution is -0.140. The third-order valence-corrected chi connectivity index (χ3v) is 2.45. The lowest BCUT2D eigenvalue weighted by Crippen LogP contribution is -2.17. The zero-order valence-corrected chi connectivity index (χ0v) is 9.10. The highest BCUT2D eigenvalue weighted by Gasteiger charge is 2.35. The molecule has 0 aromatic heterocycles. The summed E-state index contributed by atoms with van der Waals surface area (Å²) in [6.45, 7) is 0.369. The molecular weight excluding hydrogens is 236 g/mol. The molecule has 96 valence electrons. The van der Waals surface area contributed by atoms with Gasteiger partial charge in [-0.1, -0.05) is 12.1 Å². The Labute approximate surface area is 96.6 Å². The largest absolute Gasteiger partial charge is 0.419 e. The summed E-state index contributed by atoms with van der Waals surface area (Å²) in [6, 6.07) is 2.37. The minimum Gasteiger partial charge on any atom is -0.330 e. The minimum absolute atomic E-state index is 0.117. The molecule has 0 bridgehead atoms. The number of hydrogen-bond donors (Lipinski definition) is 2. The van der Waals surface area contributed by atoms with Crippen LogP contribution in [0.5, 0.6) is 0 Å². The highest BCUT2D eigenvalue weighted by atomic mass is 19.4. The van der Waals surface area contributed by atoms with Gasteiger partial charge in [-0.3, -0.25) is 0 Å². The highest BCUT2D eigenvalue weighted by Crippen LogP contribution is 2.34. The minimum atomic E-state index is -4.70. The van der Waals surface area contributed by atoms with Gasteiger partial charge in [0.2, 0.25) is 0 Å². The molecule has 0 fully saturated rings. The van der Waals surface area contributed by atoms with Crippen molar-refractivity contribution in [2.75, 3.05) is 6.54 Å². The van der Waals surface area contributed by atoms with E-state index in [1.807, 2.05) is 0 Å². The molecule has 17 heavy (non-hydrogen) atoms. The van der Waals surface area contributed by atoms with Crippen LogP contribution in [0.1, 0.15) is 30.0 Å². The fourth-order valence-electron chi connectivity index (χ4n) is 1.55. The molecule has 2 nitrogen and oxygen atoms in total. The number of alkyl halides is 3. The molecule has 0 aliphatic heterocycles. The molecule has 1 aromatic rings. The smallest absolute Gasteiger partial charge is 0.330 e. The molecule has 0 spiro atoms. The summed E-state index contributed by atoms with van der Waals surface area (Å²) in [7, 11) is 0. The first kappa shape index (κ1) is 13.9. The number of nitrogens with two attached hydrogens (primary N) is 2. The molecule has 1 aromatic carbocycles. The Bertz CT molecular complexity index is 376. The van der Waals surface area contributed by atoms with Crippen LogP contribution in [0.15, 0.2) is 18.2 Å². The third-order valence-electron chi connectivity index (χ3n) is 2.45. The van der Waals surface area contributed by atoms with E-state index in [0.717, 1.165) is 6.07 Å². The fourth-order valence-corrected chi connectivity index (χ4v) is 1.55. The average molecular weight is 250 g/mol. The van der Waals surface area contributed by atoms with Crippen LogP contribution in [-0.4, -0.2) is 6.54 Å². The summed E-state index contributed by atoms with van der Waals surface area (Å²) in [6.07, 6.45) is -3.81. The molecule has 0 saturated heterocycles. The summed E-state index contributed by atoms with van der Waals surface area (Å²) in [5, 5.41) is 0. The van der Waals surface area contributed by atoms with Crippen molar-refractivity contribution in [2.45, 2.75) is 25.1 Å². The van der Waals surface area contributed by atoms with Gasteiger partial charge in [0.1, 0.15) is 5.82 Å². The fraction of sp³-hybridized carbons (Fsp3) is 0.455. The summed E-state index contributed by atoms with van der Waals surface area (Å²) in [5.74, 6) is -1.29. The normalized spacial score (nSPS) is 13.8. The number of benzene rings is 1. The maximum Gasteiger partial charge on any atom is 0.419 e. The molecule has 0 unspecified atom stereocenters. The first-order valence-corrected chi connectivity index (χ1v) is 5.19. The number of rotatable bonds is 4. The van der Waals surface area contributed by atoms with Crippen LogP contribution in [0.4, 0.5) is 17.6 Å². The van der Waals surface area contributed by atoms with Crippen molar-refractivity contribution in [1.29, 1.82) is 0 Å². The van der Waals surface area contributed by atoms with E-state index in [1.54, 1.807) is 0 Å². The van der Waals surface area contributed by atoms with Gasteiger partial charge >= 0.3 is 6.18 Å². The molecule has 0 radical (unpaired) electrons. The molecule has 4 N–H and O–H groups in total. The molecule has 0 heterocycles. The molecule has 0 aliphatic carbocycles. The summed E-state index contributed by atoms with van der Waals surface area (Å²) in [4.78, 5) is 0. The van der Waals surface area contributed by atoms with Crippen molar-refractivity contribution in [3.8, 4) is 0 Å². The van der Waals surface area contributed by atoms with Gasteiger partial charge in [-0.2, -0.15) is 13.2 Å². The van der Waals surface area contributed by atoms with Crippen molar-refractivity contribution < 1.29 is 17.6 Å². The van der Waals surface area contributed by atoms with Gasteiger partial charge in [0.15, 0.2) is 0 Å². The molecule has 0 amide bonds. The Hall–Kier alpha value is -1.14. The second-order valence-corrected chi connectivity index (χ2v) is 3.74. The van der Waals surface area contributed by atoms with E-state index in [4.69, 9.17) is 11.5 Å². The summed E-state index contributed by atoms with van der Waals surface area (Å²) < 4.78 is 50.9. The lowest BCUT2D eigenvalue weighted by Gasteiger charge is -2.15. The van der Waals surface area contributed by atoms with E-state index in [-0.39, 0.29) is 5.56 Å². The summed E-state index contributed by atoms with van der Waals surface area (Å²) >= 11 is 0. The maximum atomic E-state index is 13.6. The van der Waals surface area contributed by atoms with E-state index in [9.17, 15) is 17.6 Å². The monoisotopic (exact) mass is 250 g/mol. The van der Waals surface area contributed by atoms with Crippen LogP contribution >= 0.6 is 0 Å². The van der Waals surface area contributed by atoms with Crippen molar-refractivity contribution in [3.05, 3.63) is 35.1 Å². The van der Waals surface area contributed by atoms with Crippen LogP contribution in [0.25, 0.3) is 0 Å². The average Bonchev–Trinajstić information content (AvgIpc) is 2.24. The van der Waals surface area contributed by atoms with Gasteiger partial charge in [-0.15, -0.1) is 0 Å². The maximum absolute atomic E-state index is 13.6. The molecule has 0 saturated carbocycles. The Kier molecular flexibility index (Phi) is 4.47. The predicted molar refractivity (Wildman–Crippen MR) is 56.6 cm³/mol. The first-order chi connectivity index (χ1) is 7.88. The van der Waals surface area contributed by atoms with Gasteiger partial charge in [-0.25, -0.2) is 4.39 Å². The first-order valence-electron chi connectivity index (χ1n) is 5.19. The molecule has 1 rings (SSSR count). The van der Waals surface area contributed by atoms with E-state index < -0.39 is 23.6 Å². The van der Waals surface area contributed by atoms with Gasteiger partial charge < -0.3 is 11.5 Å². The highest BCUT2D eigenvalue weighted by molar-refractivity contribution is 5.30. The van der Waals surface area contributed by atoms with Crippen LogP contribution in [0.3, 0.4) is 0 Å². The van der Waals surface area contributed by atoms with Gasteiger partial charge in [-0.05, 0) is 25.5 Å². The molecule has 1 atom stereocenters. The number of hydrogen-bond acceptors (Lipinski definition) is 2. The van der Waals surface area contributed by atoms with E-state index >= 15 is 0 Å². The Morgan fingerprint density at radius 2 is 1.88 bits per heavy atom. The third kappa shape index (κ3) is 3.41. The van der Waals surface area contributed by atoms with Crippen LogP contribution in [-0.2, 0) is 6.18 Å². The van der Waals surface area contributed by atoms with Crippen LogP contribution in [0.2, 0.25) is 0 Å². The second-order valence-electron chi connectivity index (χ2n) is 3.74. The topological polar surface area (TPSA) is 52.0 Å². The Balaban J connectivity index is 3.02. The quantitative estimate of drug-likeness (QED) is 0.807. The Morgan fingerprint density at radius 1 is 1.24 bits per heavy atom. The molecular formula is C11H14F4N2. The van der Waals surface area contributed by atoms with Crippen molar-refractivity contribution >= 4 is 0 Å². The zero-order chi connectivity index (χ0) is 13.1. The van der Waals surface area contributed by atoms with Gasteiger partial charge in [0.25, 0.3) is 0 Å².